The van der Waals surface area contributed by atoms with Crippen LogP contribution in [-0.2, 0) is 6.61 Å². The van der Waals surface area contributed by atoms with Crippen molar-refractivity contribution in [3.63, 3.8) is 0 Å². The number of carbonyl (C=O) groups is 1. The number of aromatic nitrogens is 1. The maximum Gasteiger partial charge on any atom is 0.251 e. The van der Waals surface area contributed by atoms with E-state index in [-0.39, 0.29) is 5.91 Å². The first-order valence-electron chi connectivity index (χ1n) is 8.67. The highest BCUT2D eigenvalue weighted by Gasteiger charge is 2.12. The van der Waals surface area contributed by atoms with Crippen molar-refractivity contribution in [3.05, 3.63) is 53.9 Å². The van der Waals surface area contributed by atoms with E-state index in [4.69, 9.17) is 9.47 Å². The number of amides is 1. The molecule has 0 fully saturated rings. The number of rotatable bonds is 9. The molecular weight excluding hydrogens is 316 g/mol. The minimum atomic E-state index is -0.0951. The van der Waals surface area contributed by atoms with E-state index < -0.39 is 0 Å². The summed E-state index contributed by atoms with van der Waals surface area (Å²) in [7, 11) is 0. The lowest BCUT2D eigenvalue weighted by Gasteiger charge is -2.14. The third-order valence-corrected chi connectivity index (χ3v) is 3.66. The van der Waals surface area contributed by atoms with Crippen LogP contribution in [0.5, 0.6) is 11.5 Å². The number of carbonyl (C=O) groups excluding carboxylic acids is 1. The summed E-state index contributed by atoms with van der Waals surface area (Å²) >= 11 is 0. The molecule has 2 aromatic rings. The predicted octanol–water partition coefficient (Wildman–Crippen LogP) is 3.84. The van der Waals surface area contributed by atoms with Gasteiger partial charge in [-0.15, -0.1) is 0 Å². The molecule has 134 valence electrons. The Balaban J connectivity index is 2.04. The molecular formula is C20H26N2O3. The van der Waals surface area contributed by atoms with Crippen LogP contribution in [-0.4, -0.2) is 24.0 Å². The Hall–Kier alpha value is -2.56. The highest BCUT2D eigenvalue weighted by Crippen LogP contribution is 2.29. The molecule has 0 aliphatic rings. The predicted molar refractivity (Wildman–Crippen MR) is 98.0 cm³/mol. The molecule has 25 heavy (non-hydrogen) atoms. The van der Waals surface area contributed by atoms with Crippen molar-refractivity contribution in [2.24, 2.45) is 5.92 Å². The largest absolute Gasteiger partial charge is 0.490 e. The molecule has 0 aliphatic carbocycles. The second kappa shape index (κ2) is 9.67. The van der Waals surface area contributed by atoms with Crippen LogP contribution in [0.1, 0.15) is 43.1 Å². The molecule has 0 atom stereocenters. The van der Waals surface area contributed by atoms with E-state index in [1.165, 1.54) is 0 Å². The summed E-state index contributed by atoms with van der Waals surface area (Å²) in [6.45, 7) is 7.76. The molecule has 0 saturated heterocycles. The average Bonchev–Trinajstić information content (AvgIpc) is 2.61. The molecule has 0 spiro atoms. The summed E-state index contributed by atoms with van der Waals surface area (Å²) in [6.07, 6.45) is 4.41. The van der Waals surface area contributed by atoms with Crippen molar-refractivity contribution in [3.8, 4) is 11.5 Å². The van der Waals surface area contributed by atoms with Crippen molar-refractivity contribution in [1.29, 1.82) is 0 Å². The summed E-state index contributed by atoms with van der Waals surface area (Å²) in [6, 6.07) is 9.07. The molecule has 0 unspecified atom stereocenters. The lowest BCUT2D eigenvalue weighted by Crippen LogP contribution is -2.25. The molecule has 0 aliphatic heterocycles. The zero-order valence-corrected chi connectivity index (χ0v) is 15.1. The van der Waals surface area contributed by atoms with Crippen LogP contribution in [0.25, 0.3) is 0 Å². The Bertz CT molecular complexity index is 672. The number of nitrogens with one attached hydrogen (secondary N) is 1. The van der Waals surface area contributed by atoms with Crippen LogP contribution >= 0.6 is 0 Å². The Morgan fingerprint density at radius 2 is 1.88 bits per heavy atom. The van der Waals surface area contributed by atoms with Gasteiger partial charge in [0.1, 0.15) is 6.61 Å². The third kappa shape index (κ3) is 6.10. The summed E-state index contributed by atoms with van der Waals surface area (Å²) < 4.78 is 11.5. The average molecular weight is 342 g/mol. The van der Waals surface area contributed by atoms with Crippen LogP contribution in [0.2, 0.25) is 0 Å². The van der Waals surface area contributed by atoms with Crippen LogP contribution in [0.15, 0.2) is 42.7 Å². The molecule has 5 nitrogen and oxygen atoms in total. The van der Waals surface area contributed by atoms with Gasteiger partial charge in [0.05, 0.1) is 6.61 Å². The van der Waals surface area contributed by atoms with Crippen LogP contribution < -0.4 is 14.8 Å². The van der Waals surface area contributed by atoms with Gasteiger partial charge >= 0.3 is 0 Å². The quantitative estimate of drug-likeness (QED) is 0.752. The highest BCUT2D eigenvalue weighted by atomic mass is 16.5. The second-order valence-corrected chi connectivity index (χ2v) is 6.18. The summed E-state index contributed by atoms with van der Waals surface area (Å²) in [5, 5.41) is 2.93. The van der Waals surface area contributed by atoms with Crippen molar-refractivity contribution < 1.29 is 14.3 Å². The molecule has 2 rings (SSSR count). The van der Waals surface area contributed by atoms with Crippen LogP contribution in [0, 0.1) is 5.92 Å². The lowest BCUT2D eigenvalue weighted by molar-refractivity contribution is 0.0951. The zero-order chi connectivity index (χ0) is 18.1. The Labute approximate surface area is 149 Å². The maximum absolute atomic E-state index is 12.3. The van der Waals surface area contributed by atoms with Gasteiger partial charge in [-0.05, 0) is 55.2 Å². The fourth-order valence-electron chi connectivity index (χ4n) is 2.25. The van der Waals surface area contributed by atoms with E-state index in [1.54, 1.807) is 30.6 Å². The SMILES string of the molecule is CCOc1cc(C(=O)NCCC(C)C)ccc1OCc1ccncc1. The normalized spacial score (nSPS) is 10.6. The van der Waals surface area contributed by atoms with Gasteiger partial charge in [-0.2, -0.15) is 0 Å². The first kappa shape index (κ1) is 18.8. The smallest absolute Gasteiger partial charge is 0.251 e. The lowest BCUT2D eigenvalue weighted by atomic mass is 10.1. The fraction of sp³-hybridized carbons (Fsp3) is 0.400. The van der Waals surface area contributed by atoms with Crippen LogP contribution in [0.4, 0.5) is 0 Å². The topological polar surface area (TPSA) is 60.5 Å². The molecule has 0 radical (unpaired) electrons. The Morgan fingerprint density at radius 1 is 1.12 bits per heavy atom. The molecule has 0 saturated carbocycles. The minimum Gasteiger partial charge on any atom is -0.490 e. The standard InChI is InChI=1S/C20H26N2O3/c1-4-24-19-13-17(20(23)22-12-7-15(2)3)5-6-18(19)25-14-16-8-10-21-11-9-16/h5-6,8-11,13,15H,4,7,12,14H2,1-3H3,(H,22,23). The van der Waals surface area contributed by atoms with Gasteiger partial charge in [0.25, 0.3) is 5.91 Å². The number of nitrogens with zero attached hydrogens (tertiary/aromatic N) is 1. The van der Waals surface area contributed by atoms with Crippen LogP contribution in [0.3, 0.4) is 0 Å². The summed E-state index contributed by atoms with van der Waals surface area (Å²) in [5.41, 5.74) is 1.59. The van der Waals surface area contributed by atoms with Gasteiger partial charge in [-0.1, -0.05) is 13.8 Å². The number of hydrogen-bond acceptors (Lipinski definition) is 4. The van der Waals surface area contributed by atoms with E-state index in [9.17, 15) is 4.79 Å². The fourth-order valence-corrected chi connectivity index (χ4v) is 2.25. The molecule has 1 aromatic heterocycles. The van der Waals surface area contributed by atoms with Gasteiger partial charge < -0.3 is 14.8 Å². The zero-order valence-electron chi connectivity index (χ0n) is 15.1. The monoisotopic (exact) mass is 342 g/mol. The highest BCUT2D eigenvalue weighted by molar-refractivity contribution is 5.94. The molecule has 1 N–H and O–H groups in total. The van der Waals surface area contributed by atoms with Gasteiger partial charge in [-0.25, -0.2) is 0 Å². The molecule has 0 bridgehead atoms. The number of pyridine rings is 1. The van der Waals surface area contributed by atoms with Crippen molar-refractivity contribution in [2.45, 2.75) is 33.8 Å². The van der Waals surface area contributed by atoms with Gasteiger partial charge in [0.15, 0.2) is 11.5 Å². The van der Waals surface area contributed by atoms with Gasteiger partial charge in [-0.3, -0.25) is 9.78 Å². The molecule has 1 heterocycles. The van der Waals surface area contributed by atoms with E-state index in [2.05, 4.69) is 24.1 Å². The second-order valence-electron chi connectivity index (χ2n) is 6.18. The third-order valence-electron chi connectivity index (χ3n) is 3.66. The van der Waals surface area contributed by atoms with Gasteiger partial charge in [0, 0.05) is 24.5 Å². The molecule has 5 heteroatoms. The minimum absolute atomic E-state index is 0.0951. The van der Waals surface area contributed by atoms with Gasteiger partial charge in [0.2, 0.25) is 0 Å². The van der Waals surface area contributed by atoms with E-state index in [1.807, 2.05) is 19.1 Å². The maximum atomic E-state index is 12.3. The number of hydrogen-bond donors (Lipinski definition) is 1. The number of benzene rings is 1. The summed E-state index contributed by atoms with van der Waals surface area (Å²) in [5.74, 6) is 1.66. The van der Waals surface area contributed by atoms with E-state index in [0.29, 0.717) is 42.7 Å². The number of ether oxygens (including phenoxy) is 2. The first-order chi connectivity index (χ1) is 12.1. The van der Waals surface area contributed by atoms with E-state index >= 15 is 0 Å². The Morgan fingerprint density at radius 3 is 2.56 bits per heavy atom. The van der Waals surface area contributed by atoms with E-state index in [0.717, 1.165) is 12.0 Å². The first-order valence-corrected chi connectivity index (χ1v) is 8.67. The molecule has 1 amide bonds. The summed E-state index contributed by atoms with van der Waals surface area (Å²) in [4.78, 5) is 16.2. The Kier molecular flexibility index (Phi) is 7.26. The van der Waals surface area contributed by atoms with Crippen molar-refractivity contribution >= 4 is 5.91 Å². The van der Waals surface area contributed by atoms with Crippen molar-refractivity contribution in [2.75, 3.05) is 13.2 Å². The molecule has 1 aromatic carbocycles. The van der Waals surface area contributed by atoms with Crippen molar-refractivity contribution in [1.82, 2.24) is 10.3 Å².